The largest absolute Gasteiger partial charge is 0.449 e. The van der Waals surface area contributed by atoms with Gasteiger partial charge in [-0.2, -0.15) is 0 Å². The lowest BCUT2D eigenvalue weighted by Crippen LogP contribution is -2.26. The second kappa shape index (κ2) is 8.61. The van der Waals surface area contributed by atoms with Crippen LogP contribution in [0.5, 0.6) is 0 Å². The average Bonchev–Trinajstić information content (AvgIpc) is 3.06. The number of fused-ring (bicyclic) bond motifs is 3. The normalized spacial score (nSPS) is 11.8. The maximum atomic E-state index is 12.1. The molecule has 0 radical (unpaired) electrons. The van der Waals surface area contributed by atoms with E-state index in [9.17, 15) is 4.79 Å². The number of hydrogen-bond acceptors (Lipinski definition) is 2. The van der Waals surface area contributed by atoms with Gasteiger partial charge in [0.05, 0.1) is 16.6 Å². The number of rotatable bonds is 3. The fourth-order valence-corrected chi connectivity index (χ4v) is 3.78. The fraction of sp³-hybridized carbons (Fsp3) is 0.125. The Hall–Kier alpha value is -2.93. The number of alkyl carbamates (subject to hydrolysis) is 1. The van der Waals surface area contributed by atoms with Crippen LogP contribution >= 0.6 is 23.2 Å². The first-order chi connectivity index (χ1) is 14.1. The van der Waals surface area contributed by atoms with Crippen molar-refractivity contribution in [3.05, 3.63) is 93.5 Å². The van der Waals surface area contributed by atoms with Gasteiger partial charge in [0.1, 0.15) is 6.61 Å². The first-order valence-electron chi connectivity index (χ1n) is 9.16. The van der Waals surface area contributed by atoms with E-state index in [1.165, 1.54) is 22.3 Å². The Balaban J connectivity index is 1.35. The molecule has 3 aromatic carbocycles. The highest BCUT2D eigenvalue weighted by Crippen LogP contribution is 2.44. The van der Waals surface area contributed by atoms with Gasteiger partial charge < -0.3 is 10.1 Å². The van der Waals surface area contributed by atoms with Crippen LogP contribution in [0.1, 0.15) is 22.6 Å². The van der Waals surface area contributed by atoms with Gasteiger partial charge in [-0.05, 0) is 40.5 Å². The van der Waals surface area contributed by atoms with Gasteiger partial charge in [-0.15, -0.1) is 0 Å². The van der Waals surface area contributed by atoms with Crippen molar-refractivity contribution in [1.29, 1.82) is 0 Å². The minimum Gasteiger partial charge on any atom is -0.449 e. The molecule has 1 aliphatic carbocycles. The smallest absolute Gasteiger partial charge is 0.407 e. The molecule has 1 aliphatic rings. The molecule has 0 bridgehead atoms. The van der Waals surface area contributed by atoms with Crippen LogP contribution in [0, 0.1) is 11.8 Å². The summed E-state index contributed by atoms with van der Waals surface area (Å²) >= 11 is 11.8. The second-order valence-electron chi connectivity index (χ2n) is 6.61. The molecule has 3 aromatic rings. The van der Waals surface area contributed by atoms with Gasteiger partial charge in [-0.3, -0.25) is 0 Å². The number of ether oxygens (including phenoxy) is 1. The standard InChI is InChI=1S/C24H17Cl2NO2/c25-22-12-11-16(14-23(22)26)6-5-13-27-24(28)29-15-21-19-9-3-1-7-17(19)18-8-2-4-10-20(18)21/h1-4,7-12,14,21H,13,15H2,(H,27,28). The number of benzene rings is 3. The molecule has 4 rings (SSSR count). The summed E-state index contributed by atoms with van der Waals surface area (Å²) in [5.41, 5.74) is 5.49. The highest BCUT2D eigenvalue weighted by molar-refractivity contribution is 6.42. The molecule has 0 aliphatic heterocycles. The van der Waals surface area contributed by atoms with Crippen LogP contribution in [0.2, 0.25) is 10.0 Å². The molecule has 0 atom stereocenters. The number of amides is 1. The molecule has 144 valence electrons. The number of nitrogens with one attached hydrogen (secondary N) is 1. The summed E-state index contributed by atoms with van der Waals surface area (Å²) in [5, 5.41) is 3.58. The van der Waals surface area contributed by atoms with Crippen LogP contribution in [-0.2, 0) is 4.74 Å². The summed E-state index contributed by atoms with van der Waals surface area (Å²) in [6, 6.07) is 21.6. The minimum absolute atomic E-state index is 0.0374. The van der Waals surface area contributed by atoms with E-state index in [4.69, 9.17) is 27.9 Å². The molecule has 0 heterocycles. The van der Waals surface area contributed by atoms with Crippen molar-refractivity contribution in [3.8, 4) is 23.0 Å². The first-order valence-corrected chi connectivity index (χ1v) is 9.92. The van der Waals surface area contributed by atoms with Crippen LogP contribution in [0.25, 0.3) is 11.1 Å². The van der Waals surface area contributed by atoms with Gasteiger partial charge in [-0.25, -0.2) is 4.79 Å². The van der Waals surface area contributed by atoms with E-state index >= 15 is 0 Å². The van der Waals surface area contributed by atoms with E-state index in [2.05, 4.69) is 41.4 Å². The average molecular weight is 422 g/mol. The fourth-order valence-electron chi connectivity index (χ4n) is 3.49. The van der Waals surface area contributed by atoms with Gasteiger partial charge in [0, 0.05) is 11.5 Å². The van der Waals surface area contributed by atoms with Crippen LogP contribution < -0.4 is 5.32 Å². The highest BCUT2D eigenvalue weighted by Gasteiger charge is 2.28. The summed E-state index contributed by atoms with van der Waals surface area (Å²) in [6.45, 7) is 0.455. The quantitative estimate of drug-likeness (QED) is 0.535. The Labute approximate surface area is 179 Å². The van der Waals surface area contributed by atoms with Crippen molar-refractivity contribution in [2.75, 3.05) is 13.2 Å². The van der Waals surface area contributed by atoms with Crippen LogP contribution in [-0.4, -0.2) is 19.2 Å². The van der Waals surface area contributed by atoms with Gasteiger partial charge in [-0.1, -0.05) is 83.6 Å². The molecule has 1 N–H and O–H groups in total. The van der Waals surface area contributed by atoms with Crippen molar-refractivity contribution < 1.29 is 9.53 Å². The summed E-state index contributed by atoms with van der Waals surface area (Å²) in [7, 11) is 0. The van der Waals surface area contributed by atoms with Crippen molar-refractivity contribution >= 4 is 29.3 Å². The van der Waals surface area contributed by atoms with E-state index < -0.39 is 6.09 Å². The predicted octanol–water partition coefficient (Wildman–Crippen LogP) is 5.88. The maximum Gasteiger partial charge on any atom is 0.407 e. The summed E-state index contributed by atoms with van der Waals surface area (Å²) < 4.78 is 5.47. The highest BCUT2D eigenvalue weighted by atomic mass is 35.5. The molecular weight excluding hydrogens is 405 g/mol. The molecule has 0 saturated carbocycles. The van der Waals surface area contributed by atoms with Crippen molar-refractivity contribution in [2.24, 2.45) is 0 Å². The minimum atomic E-state index is -0.490. The maximum absolute atomic E-state index is 12.1. The zero-order valence-electron chi connectivity index (χ0n) is 15.4. The molecule has 0 spiro atoms. The molecule has 0 saturated heterocycles. The zero-order chi connectivity index (χ0) is 20.2. The third kappa shape index (κ3) is 4.24. The molecule has 0 aromatic heterocycles. The molecule has 0 fully saturated rings. The molecular formula is C24H17Cl2NO2. The number of carbonyl (C=O) groups excluding carboxylic acids is 1. The summed E-state index contributed by atoms with van der Waals surface area (Å²) in [4.78, 5) is 12.1. The number of carbonyl (C=O) groups is 1. The van der Waals surface area contributed by atoms with Crippen molar-refractivity contribution in [3.63, 3.8) is 0 Å². The SMILES string of the molecule is O=C(NCC#Cc1ccc(Cl)c(Cl)c1)OCC1c2ccccc2-c2ccccc21. The van der Waals surface area contributed by atoms with Crippen LogP contribution in [0.4, 0.5) is 4.79 Å². The lowest BCUT2D eigenvalue weighted by molar-refractivity contribution is 0.144. The Morgan fingerprint density at radius 2 is 1.59 bits per heavy atom. The lowest BCUT2D eigenvalue weighted by Gasteiger charge is -2.14. The van der Waals surface area contributed by atoms with Crippen molar-refractivity contribution in [2.45, 2.75) is 5.92 Å². The molecule has 1 amide bonds. The lowest BCUT2D eigenvalue weighted by atomic mass is 9.98. The second-order valence-corrected chi connectivity index (χ2v) is 7.42. The van der Waals surface area contributed by atoms with E-state index in [0.29, 0.717) is 10.0 Å². The molecule has 5 heteroatoms. The molecule has 29 heavy (non-hydrogen) atoms. The van der Waals surface area contributed by atoms with Gasteiger partial charge >= 0.3 is 6.09 Å². The van der Waals surface area contributed by atoms with Crippen LogP contribution in [0.15, 0.2) is 66.7 Å². The monoisotopic (exact) mass is 421 g/mol. The Morgan fingerprint density at radius 1 is 0.931 bits per heavy atom. The number of hydrogen-bond donors (Lipinski definition) is 1. The van der Waals surface area contributed by atoms with Crippen molar-refractivity contribution in [1.82, 2.24) is 5.32 Å². The van der Waals surface area contributed by atoms with Gasteiger partial charge in [0.25, 0.3) is 0 Å². The first kappa shape index (κ1) is 19.4. The van der Waals surface area contributed by atoms with E-state index in [-0.39, 0.29) is 19.1 Å². The summed E-state index contributed by atoms with van der Waals surface area (Å²) in [6.07, 6.45) is -0.490. The summed E-state index contributed by atoms with van der Waals surface area (Å²) in [5.74, 6) is 5.84. The Kier molecular flexibility index (Phi) is 5.76. The zero-order valence-corrected chi connectivity index (χ0v) is 16.9. The Morgan fingerprint density at radius 3 is 2.24 bits per heavy atom. The van der Waals surface area contributed by atoms with E-state index in [1.54, 1.807) is 18.2 Å². The van der Waals surface area contributed by atoms with E-state index in [0.717, 1.165) is 5.56 Å². The molecule has 0 unspecified atom stereocenters. The third-order valence-electron chi connectivity index (χ3n) is 4.82. The van der Waals surface area contributed by atoms with Crippen LogP contribution in [0.3, 0.4) is 0 Å². The number of halogens is 2. The van der Waals surface area contributed by atoms with E-state index in [1.807, 2.05) is 24.3 Å². The molecule has 3 nitrogen and oxygen atoms in total. The third-order valence-corrected chi connectivity index (χ3v) is 5.56. The van der Waals surface area contributed by atoms with Gasteiger partial charge in [0.15, 0.2) is 0 Å². The predicted molar refractivity (Wildman–Crippen MR) is 116 cm³/mol. The Bertz CT molecular complexity index is 1090. The topological polar surface area (TPSA) is 38.3 Å². The van der Waals surface area contributed by atoms with Gasteiger partial charge in [0.2, 0.25) is 0 Å².